The summed E-state index contributed by atoms with van der Waals surface area (Å²) in [6.07, 6.45) is 2.41. The molecule has 2 aromatic rings. The maximum Gasteiger partial charge on any atom is 0.275 e. The van der Waals surface area contributed by atoms with E-state index in [1.165, 1.54) is 12.4 Å². The first kappa shape index (κ1) is 14.0. The first-order valence-electron chi connectivity index (χ1n) is 6.74. The topological polar surface area (TPSA) is 93.2 Å². The number of fused-ring (bicyclic) bond motifs is 1. The summed E-state index contributed by atoms with van der Waals surface area (Å²) >= 11 is 0. The summed E-state index contributed by atoms with van der Waals surface area (Å²) < 4.78 is 5.45. The number of nitrogens with zero attached hydrogens (tertiary/aromatic N) is 2. The predicted octanol–water partition coefficient (Wildman–Crippen LogP) is 1.76. The van der Waals surface area contributed by atoms with Crippen molar-refractivity contribution >= 4 is 23.2 Å². The minimum absolute atomic E-state index is 0.220. The Labute approximate surface area is 126 Å². The second kappa shape index (κ2) is 5.44. The van der Waals surface area contributed by atoms with Crippen LogP contribution >= 0.6 is 0 Å². The van der Waals surface area contributed by atoms with Crippen LogP contribution in [0.3, 0.4) is 0 Å². The number of rotatable bonds is 2. The highest BCUT2D eigenvalue weighted by molar-refractivity contribution is 6.04. The van der Waals surface area contributed by atoms with Crippen molar-refractivity contribution in [3.8, 4) is 5.75 Å². The predicted molar refractivity (Wildman–Crippen MR) is 79.9 cm³/mol. The molecule has 0 aliphatic carbocycles. The van der Waals surface area contributed by atoms with Gasteiger partial charge in [-0.2, -0.15) is 0 Å². The Morgan fingerprint density at radius 2 is 2.14 bits per heavy atom. The number of hydrogen-bond acceptors (Lipinski definition) is 5. The minimum Gasteiger partial charge on any atom is -0.479 e. The molecular formula is C15H14N4O3. The summed E-state index contributed by atoms with van der Waals surface area (Å²) in [5, 5.41) is 5.43. The lowest BCUT2D eigenvalue weighted by atomic mass is 10.2. The van der Waals surface area contributed by atoms with Gasteiger partial charge in [0, 0.05) is 11.9 Å². The molecule has 0 radical (unpaired) electrons. The van der Waals surface area contributed by atoms with Gasteiger partial charge in [-0.25, -0.2) is 4.98 Å². The molecule has 0 saturated heterocycles. The zero-order chi connectivity index (χ0) is 15.7. The van der Waals surface area contributed by atoms with E-state index in [1.54, 1.807) is 32.0 Å². The normalized spacial score (nSPS) is 16.3. The summed E-state index contributed by atoms with van der Waals surface area (Å²) in [6.45, 7) is 3.46. The summed E-state index contributed by atoms with van der Waals surface area (Å²) in [5.74, 6) is -0.0236. The Hall–Kier alpha value is -2.96. The largest absolute Gasteiger partial charge is 0.479 e. The van der Waals surface area contributed by atoms with Crippen molar-refractivity contribution in [1.82, 2.24) is 9.97 Å². The van der Waals surface area contributed by atoms with Crippen molar-refractivity contribution in [1.29, 1.82) is 0 Å². The Morgan fingerprint density at radius 3 is 2.86 bits per heavy atom. The molecule has 0 fully saturated rings. The number of carbonyl (C=O) groups is 2. The number of hydrogen-bond donors (Lipinski definition) is 2. The summed E-state index contributed by atoms with van der Waals surface area (Å²) in [5.41, 5.74) is 2.01. The highest BCUT2D eigenvalue weighted by atomic mass is 16.5. The Morgan fingerprint density at radius 1 is 1.32 bits per heavy atom. The molecule has 0 unspecified atom stereocenters. The molecule has 7 nitrogen and oxygen atoms in total. The zero-order valence-corrected chi connectivity index (χ0v) is 12.1. The smallest absolute Gasteiger partial charge is 0.275 e. The van der Waals surface area contributed by atoms with Gasteiger partial charge >= 0.3 is 0 Å². The number of ether oxygens (including phenoxy) is 1. The number of aryl methyl sites for hydroxylation is 1. The molecule has 7 heteroatoms. The van der Waals surface area contributed by atoms with E-state index in [1.807, 2.05) is 0 Å². The van der Waals surface area contributed by atoms with Crippen LogP contribution in [0.4, 0.5) is 11.4 Å². The molecule has 2 heterocycles. The van der Waals surface area contributed by atoms with Crippen LogP contribution in [0.1, 0.15) is 23.1 Å². The second-order valence-corrected chi connectivity index (χ2v) is 4.96. The molecule has 1 atom stereocenters. The molecule has 1 aliphatic rings. The average Bonchev–Trinajstić information content (AvgIpc) is 2.49. The van der Waals surface area contributed by atoms with Gasteiger partial charge in [0.2, 0.25) is 0 Å². The second-order valence-electron chi connectivity index (χ2n) is 4.96. The molecule has 0 spiro atoms. The van der Waals surface area contributed by atoms with Gasteiger partial charge in [-0.15, -0.1) is 0 Å². The van der Waals surface area contributed by atoms with E-state index in [0.29, 0.717) is 17.1 Å². The van der Waals surface area contributed by atoms with Crippen LogP contribution in [0.5, 0.6) is 5.75 Å². The SMILES string of the molecule is Cc1cnc(C(=O)Nc2ccc3c(c2)NC(=O)[C@@H](C)O3)cn1. The molecule has 1 aromatic carbocycles. The van der Waals surface area contributed by atoms with Crippen molar-refractivity contribution in [2.45, 2.75) is 20.0 Å². The maximum atomic E-state index is 12.1. The third kappa shape index (κ3) is 2.73. The highest BCUT2D eigenvalue weighted by Gasteiger charge is 2.23. The van der Waals surface area contributed by atoms with Crippen molar-refractivity contribution in [3.05, 3.63) is 42.0 Å². The number of benzene rings is 1. The lowest BCUT2D eigenvalue weighted by Gasteiger charge is -2.23. The van der Waals surface area contributed by atoms with Crippen molar-refractivity contribution in [2.24, 2.45) is 0 Å². The van der Waals surface area contributed by atoms with E-state index in [9.17, 15) is 9.59 Å². The third-order valence-corrected chi connectivity index (χ3v) is 3.18. The summed E-state index contributed by atoms with van der Waals surface area (Å²) in [6, 6.07) is 5.03. The van der Waals surface area contributed by atoms with Gasteiger partial charge in [0.25, 0.3) is 11.8 Å². The number of nitrogens with one attached hydrogen (secondary N) is 2. The monoisotopic (exact) mass is 298 g/mol. The third-order valence-electron chi connectivity index (χ3n) is 3.18. The van der Waals surface area contributed by atoms with E-state index in [4.69, 9.17) is 4.74 Å². The molecule has 2 amide bonds. The van der Waals surface area contributed by atoms with E-state index >= 15 is 0 Å². The standard InChI is InChI=1S/C15H14N4O3/c1-8-6-17-12(7-16-8)15(21)18-10-3-4-13-11(5-10)19-14(20)9(2)22-13/h3-7,9H,1-2H3,(H,18,21)(H,19,20)/t9-/m1/s1. The molecule has 0 bridgehead atoms. The van der Waals surface area contributed by atoms with Gasteiger partial charge in [-0.05, 0) is 32.0 Å². The quantitative estimate of drug-likeness (QED) is 0.881. The maximum absolute atomic E-state index is 12.1. The minimum atomic E-state index is -0.532. The summed E-state index contributed by atoms with van der Waals surface area (Å²) in [4.78, 5) is 31.7. The van der Waals surface area contributed by atoms with Crippen molar-refractivity contribution in [2.75, 3.05) is 10.6 Å². The summed E-state index contributed by atoms with van der Waals surface area (Å²) in [7, 11) is 0. The molecule has 3 rings (SSSR count). The van der Waals surface area contributed by atoms with Crippen LogP contribution in [-0.2, 0) is 4.79 Å². The van der Waals surface area contributed by atoms with Gasteiger partial charge in [-0.3, -0.25) is 14.6 Å². The van der Waals surface area contributed by atoms with Gasteiger partial charge < -0.3 is 15.4 Å². The number of carbonyl (C=O) groups excluding carboxylic acids is 2. The molecule has 1 aromatic heterocycles. The van der Waals surface area contributed by atoms with E-state index < -0.39 is 6.10 Å². The lowest BCUT2D eigenvalue weighted by molar-refractivity contribution is -0.122. The molecule has 2 N–H and O–H groups in total. The van der Waals surface area contributed by atoms with Crippen molar-refractivity contribution < 1.29 is 14.3 Å². The average molecular weight is 298 g/mol. The van der Waals surface area contributed by atoms with E-state index in [-0.39, 0.29) is 17.5 Å². The molecule has 1 aliphatic heterocycles. The van der Waals surface area contributed by atoms with Crippen LogP contribution in [0.25, 0.3) is 0 Å². The first-order chi connectivity index (χ1) is 10.5. The van der Waals surface area contributed by atoms with Gasteiger partial charge in [-0.1, -0.05) is 0 Å². The molecular weight excluding hydrogens is 284 g/mol. The van der Waals surface area contributed by atoms with Gasteiger partial charge in [0.05, 0.1) is 17.6 Å². The Balaban J connectivity index is 1.79. The molecule has 22 heavy (non-hydrogen) atoms. The highest BCUT2D eigenvalue weighted by Crippen LogP contribution is 2.32. The van der Waals surface area contributed by atoms with Crippen LogP contribution in [0.2, 0.25) is 0 Å². The van der Waals surface area contributed by atoms with E-state index in [0.717, 1.165) is 5.69 Å². The number of aromatic nitrogens is 2. The molecule has 112 valence electrons. The fraction of sp³-hybridized carbons (Fsp3) is 0.200. The Kier molecular flexibility index (Phi) is 3.46. The van der Waals surface area contributed by atoms with Crippen LogP contribution in [-0.4, -0.2) is 27.9 Å². The zero-order valence-electron chi connectivity index (χ0n) is 12.1. The fourth-order valence-corrected chi connectivity index (χ4v) is 1.99. The number of anilines is 2. The van der Waals surface area contributed by atoms with Crippen LogP contribution < -0.4 is 15.4 Å². The van der Waals surface area contributed by atoms with Crippen molar-refractivity contribution in [3.63, 3.8) is 0 Å². The van der Waals surface area contributed by atoms with Crippen LogP contribution in [0, 0.1) is 6.92 Å². The van der Waals surface area contributed by atoms with Gasteiger partial charge in [0.1, 0.15) is 11.4 Å². The van der Waals surface area contributed by atoms with E-state index in [2.05, 4.69) is 20.6 Å². The molecule has 0 saturated carbocycles. The first-order valence-corrected chi connectivity index (χ1v) is 6.74. The number of amides is 2. The lowest BCUT2D eigenvalue weighted by Crippen LogP contribution is -2.34. The van der Waals surface area contributed by atoms with Crippen LogP contribution in [0.15, 0.2) is 30.6 Å². The van der Waals surface area contributed by atoms with Gasteiger partial charge in [0.15, 0.2) is 6.10 Å². The Bertz CT molecular complexity index is 743. The fourth-order valence-electron chi connectivity index (χ4n) is 1.99.